The number of aromatic nitrogens is 1. The van der Waals surface area contributed by atoms with Crippen molar-refractivity contribution in [3.05, 3.63) is 38.2 Å². The van der Waals surface area contributed by atoms with Crippen molar-refractivity contribution in [2.45, 2.75) is 6.43 Å². The molecule has 1 heterocycles. The SMILES string of the molecule is O=c1cc([N+](=O)[O-])[nH]cc1C(F)F. The van der Waals surface area contributed by atoms with Crippen molar-refractivity contribution in [1.29, 1.82) is 0 Å². The Morgan fingerprint density at radius 2 is 2.15 bits per heavy atom. The van der Waals surface area contributed by atoms with Crippen molar-refractivity contribution in [2.24, 2.45) is 0 Å². The highest BCUT2D eigenvalue weighted by molar-refractivity contribution is 5.23. The molecule has 0 unspecified atom stereocenters. The summed E-state index contributed by atoms with van der Waals surface area (Å²) in [5.74, 6) is -0.602. The van der Waals surface area contributed by atoms with E-state index in [9.17, 15) is 23.7 Å². The molecule has 0 radical (unpaired) electrons. The lowest BCUT2D eigenvalue weighted by Gasteiger charge is -1.96. The van der Waals surface area contributed by atoms with Crippen LogP contribution >= 0.6 is 0 Å². The Balaban J connectivity index is 3.21. The van der Waals surface area contributed by atoms with Gasteiger partial charge >= 0.3 is 5.82 Å². The largest absolute Gasteiger partial charge is 0.358 e. The molecule has 0 aliphatic rings. The van der Waals surface area contributed by atoms with E-state index in [1.165, 1.54) is 0 Å². The standard InChI is InChI=1S/C6H4F2N2O3/c7-6(8)3-2-9-5(10(12)13)1-4(3)11/h1-2,6H,(H,9,11). The number of nitrogens with one attached hydrogen (secondary N) is 1. The van der Waals surface area contributed by atoms with Gasteiger partial charge in [0.25, 0.3) is 6.43 Å². The molecule has 0 bridgehead atoms. The van der Waals surface area contributed by atoms with E-state index in [0.29, 0.717) is 12.3 Å². The highest BCUT2D eigenvalue weighted by Crippen LogP contribution is 2.14. The zero-order chi connectivity index (χ0) is 10.0. The predicted octanol–water partition coefficient (Wildman–Crippen LogP) is 1.22. The minimum atomic E-state index is -2.93. The zero-order valence-electron chi connectivity index (χ0n) is 6.16. The van der Waals surface area contributed by atoms with Crippen LogP contribution in [0.25, 0.3) is 0 Å². The molecule has 5 nitrogen and oxygen atoms in total. The first-order valence-corrected chi connectivity index (χ1v) is 3.17. The quantitative estimate of drug-likeness (QED) is 0.562. The number of nitro groups is 1. The molecular formula is C6H4F2N2O3. The molecule has 7 heteroatoms. The Morgan fingerprint density at radius 3 is 2.54 bits per heavy atom. The van der Waals surface area contributed by atoms with Crippen LogP contribution in [0.2, 0.25) is 0 Å². The number of halogens is 2. The first kappa shape index (κ1) is 9.30. The highest BCUT2D eigenvalue weighted by atomic mass is 19.3. The van der Waals surface area contributed by atoms with Crippen molar-refractivity contribution < 1.29 is 13.7 Å². The second-order valence-corrected chi connectivity index (χ2v) is 2.20. The third kappa shape index (κ3) is 1.86. The van der Waals surface area contributed by atoms with E-state index in [2.05, 4.69) is 0 Å². The minimum Gasteiger partial charge on any atom is -0.358 e. The van der Waals surface area contributed by atoms with Crippen molar-refractivity contribution >= 4 is 5.82 Å². The molecule has 70 valence electrons. The Labute approximate surface area is 70.2 Å². The van der Waals surface area contributed by atoms with Gasteiger partial charge in [0, 0.05) is 0 Å². The summed E-state index contributed by atoms with van der Waals surface area (Å²) in [7, 11) is 0. The van der Waals surface area contributed by atoms with Crippen molar-refractivity contribution in [2.75, 3.05) is 0 Å². The summed E-state index contributed by atoms with van der Waals surface area (Å²) in [6.07, 6.45) is -2.28. The van der Waals surface area contributed by atoms with Crippen LogP contribution in [0.15, 0.2) is 17.1 Å². The summed E-state index contributed by atoms with van der Waals surface area (Å²) in [6, 6.07) is 0.529. The van der Waals surface area contributed by atoms with Crippen LogP contribution < -0.4 is 5.43 Å². The summed E-state index contributed by atoms with van der Waals surface area (Å²) in [5, 5.41) is 10.1. The second-order valence-electron chi connectivity index (χ2n) is 2.20. The van der Waals surface area contributed by atoms with Gasteiger partial charge < -0.3 is 10.1 Å². The van der Waals surface area contributed by atoms with E-state index in [-0.39, 0.29) is 0 Å². The molecule has 1 aromatic heterocycles. The summed E-state index contributed by atoms with van der Waals surface area (Å²) in [6.45, 7) is 0. The smallest absolute Gasteiger partial charge is 0.324 e. The average molecular weight is 190 g/mol. The lowest BCUT2D eigenvalue weighted by molar-refractivity contribution is -0.389. The van der Waals surface area contributed by atoms with Gasteiger partial charge in [-0.05, 0) is 4.92 Å². The maximum atomic E-state index is 12.0. The second kappa shape index (κ2) is 3.30. The van der Waals surface area contributed by atoms with Gasteiger partial charge in [-0.25, -0.2) is 13.8 Å². The van der Waals surface area contributed by atoms with Crippen LogP contribution in [-0.4, -0.2) is 9.91 Å². The van der Waals surface area contributed by atoms with E-state index in [1.807, 2.05) is 4.98 Å². The normalized spacial score (nSPS) is 10.4. The Kier molecular flexibility index (Phi) is 2.36. The number of pyridine rings is 1. The third-order valence-corrected chi connectivity index (χ3v) is 1.36. The fraction of sp³-hybridized carbons (Fsp3) is 0.167. The number of alkyl halides is 2. The Hall–Kier alpha value is -1.79. The van der Waals surface area contributed by atoms with Crippen LogP contribution in [0, 0.1) is 10.1 Å². The van der Waals surface area contributed by atoms with Gasteiger partial charge in [0.1, 0.15) is 11.8 Å². The Morgan fingerprint density at radius 1 is 1.54 bits per heavy atom. The average Bonchev–Trinajstić information content (AvgIpc) is 2.03. The molecule has 0 aliphatic carbocycles. The molecule has 0 atom stereocenters. The molecule has 0 amide bonds. The van der Waals surface area contributed by atoms with Gasteiger partial charge in [-0.1, -0.05) is 0 Å². The predicted molar refractivity (Wildman–Crippen MR) is 38.7 cm³/mol. The summed E-state index contributed by atoms with van der Waals surface area (Å²) < 4.78 is 23.9. The van der Waals surface area contributed by atoms with Gasteiger partial charge in [-0.15, -0.1) is 0 Å². The monoisotopic (exact) mass is 190 g/mol. The van der Waals surface area contributed by atoms with Crippen LogP contribution in [0.3, 0.4) is 0 Å². The molecule has 0 saturated carbocycles. The molecule has 0 aromatic carbocycles. The molecule has 0 aliphatic heterocycles. The van der Waals surface area contributed by atoms with Gasteiger partial charge in [0.15, 0.2) is 5.43 Å². The van der Waals surface area contributed by atoms with Crippen LogP contribution in [0.4, 0.5) is 14.6 Å². The maximum absolute atomic E-state index is 12.0. The third-order valence-electron chi connectivity index (χ3n) is 1.36. The molecule has 0 fully saturated rings. The lowest BCUT2D eigenvalue weighted by Crippen LogP contribution is -2.10. The van der Waals surface area contributed by atoms with Crippen LogP contribution in [-0.2, 0) is 0 Å². The maximum Gasteiger partial charge on any atom is 0.324 e. The summed E-state index contributed by atoms with van der Waals surface area (Å²) >= 11 is 0. The molecular weight excluding hydrogens is 186 g/mol. The first-order chi connectivity index (χ1) is 6.02. The number of hydrogen-bond donors (Lipinski definition) is 1. The molecule has 13 heavy (non-hydrogen) atoms. The zero-order valence-corrected chi connectivity index (χ0v) is 6.16. The molecule has 1 N–H and O–H groups in total. The topological polar surface area (TPSA) is 76.0 Å². The summed E-state index contributed by atoms with van der Waals surface area (Å²) in [5.41, 5.74) is -1.81. The fourth-order valence-corrected chi connectivity index (χ4v) is 0.748. The van der Waals surface area contributed by atoms with Crippen LogP contribution in [0.5, 0.6) is 0 Å². The summed E-state index contributed by atoms with van der Waals surface area (Å²) in [4.78, 5) is 22.0. The molecule has 1 rings (SSSR count). The molecule has 0 spiro atoms. The number of hydrogen-bond acceptors (Lipinski definition) is 3. The lowest BCUT2D eigenvalue weighted by atomic mass is 10.3. The molecule has 1 aromatic rings. The Bertz CT molecular complexity index is 388. The van der Waals surface area contributed by atoms with E-state index in [1.54, 1.807) is 0 Å². The van der Waals surface area contributed by atoms with Crippen LogP contribution in [0.1, 0.15) is 12.0 Å². The fourth-order valence-electron chi connectivity index (χ4n) is 0.748. The van der Waals surface area contributed by atoms with Gasteiger partial charge in [-0.2, -0.15) is 0 Å². The number of aromatic amines is 1. The van der Waals surface area contributed by atoms with Gasteiger partial charge in [0.05, 0.1) is 6.07 Å². The minimum absolute atomic E-state index is 0.529. The van der Waals surface area contributed by atoms with Gasteiger partial charge in [0.2, 0.25) is 0 Å². The highest BCUT2D eigenvalue weighted by Gasteiger charge is 2.15. The van der Waals surface area contributed by atoms with Crippen molar-refractivity contribution in [1.82, 2.24) is 4.98 Å². The molecule has 0 saturated heterocycles. The van der Waals surface area contributed by atoms with E-state index in [0.717, 1.165) is 0 Å². The number of H-pyrrole nitrogens is 1. The van der Waals surface area contributed by atoms with Crippen molar-refractivity contribution in [3.8, 4) is 0 Å². The van der Waals surface area contributed by atoms with E-state index in [4.69, 9.17) is 0 Å². The van der Waals surface area contributed by atoms with Gasteiger partial charge in [-0.3, -0.25) is 4.79 Å². The van der Waals surface area contributed by atoms with Crippen molar-refractivity contribution in [3.63, 3.8) is 0 Å². The number of rotatable bonds is 2. The first-order valence-electron chi connectivity index (χ1n) is 3.17. The number of nitrogens with zero attached hydrogens (tertiary/aromatic N) is 1. The van der Waals surface area contributed by atoms with E-state index < -0.39 is 28.2 Å². The van der Waals surface area contributed by atoms with E-state index >= 15 is 0 Å².